The predicted molar refractivity (Wildman–Crippen MR) is 139 cm³/mol. The van der Waals surface area contributed by atoms with Crippen LogP contribution in [0, 0.1) is 5.82 Å². The summed E-state index contributed by atoms with van der Waals surface area (Å²) < 4.78 is 15.4. The van der Waals surface area contributed by atoms with Crippen molar-refractivity contribution in [3.05, 3.63) is 88.5 Å². The Labute approximate surface area is 245 Å². The van der Waals surface area contributed by atoms with Gasteiger partial charge in [0.15, 0.2) is 0 Å². The van der Waals surface area contributed by atoms with E-state index in [1.54, 1.807) is 29.0 Å². The Morgan fingerprint density at radius 3 is 2.47 bits per heavy atom. The maximum absolute atomic E-state index is 13.6. The molecule has 3 aromatic rings. The van der Waals surface area contributed by atoms with Gasteiger partial charge in [-0.25, -0.2) is 9.07 Å². The molecule has 0 saturated carbocycles. The second-order valence-corrected chi connectivity index (χ2v) is 10.2. The smallest absolute Gasteiger partial charge is 0.550 e. The fraction of sp³-hybridized carbons (Fsp3) is 0.400. The topological polar surface area (TPSA) is 98.4 Å². The summed E-state index contributed by atoms with van der Waals surface area (Å²) in [4.78, 5) is 10.7. The normalized spacial score (nSPS) is 16.7. The zero-order chi connectivity index (χ0) is 26.5. The Balaban J connectivity index is 0.00000400. The van der Waals surface area contributed by atoms with Crippen LogP contribution in [0.5, 0.6) is 0 Å². The summed E-state index contributed by atoms with van der Waals surface area (Å²) in [5, 5.41) is 36.0. The average Bonchev–Trinajstić information content (AvgIpc) is 3.22. The minimum absolute atomic E-state index is 0. The Morgan fingerprint density at radius 1 is 1.16 bits per heavy atom. The molecule has 2 N–H and O–H groups in total. The molecule has 0 amide bonds. The van der Waals surface area contributed by atoms with Gasteiger partial charge in [-0.1, -0.05) is 44.2 Å². The van der Waals surface area contributed by atoms with Gasteiger partial charge < -0.3 is 20.1 Å². The quantitative estimate of drug-likeness (QED) is 0.384. The third-order valence-electron chi connectivity index (χ3n) is 7.01. The van der Waals surface area contributed by atoms with Crippen LogP contribution < -0.4 is 34.7 Å². The van der Waals surface area contributed by atoms with Crippen molar-refractivity contribution in [2.75, 3.05) is 0 Å². The monoisotopic (exact) mass is 528 g/mol. The first-order valence-electron chi connectivity index (χ1n) is 12.9. The standard InChI is InChI=1S/C30H35FN2O4.Na/c1-19(2)21-8-6-20(7-9-21)16-22-4-3-5-27-28(15-14-25(34)17-26(35)18-29(36)37)33(32-30(22)27)24-12-10-23(31)11-13-24;/h6-15,19,22,25-26,34-35H,3-5,16-18H2,1-2H3,(H,36,37);/q;+1/p-1/b15-14+;/t22?,25-,26-;/m0./s1. The van der Waals surface area contributed by atoms with E-state index in [2.05, 4.69) is 38.1 Å². The van der Waals surface area contributed by atoms with E-state index in [9.17, 15) is 24.5 Å². The molecule has 0 saturated heterocycles. The van der Waals surface area contributed by atoms with Crippen molar-refractivity contribution in [1.29, 1.82) is 0 Å². The summed E-state index contributed by atoms with van der Waals surface area (Å²) in [6.07, 6.45) is 4.14. The van der Waals surface area contributed by atoms with Crippen LogP contribution >= 0.6 is 0 Å². The summed E-state index contributed by atoms with van der Waals surface area (Å²) in [5.41, 5.74) is 6.18. The molecule has 1 aromatic heterocycles. The van der Waals surface area contributed by atoms with Crippen molar-refractivity contribution in [3.63, 3.8) is 0 Å². The molecule has 2 aromatic carbocycles. The number of aliphatic carboxylic acids is 1. The van der Waals surface area contributed by atoms with Gasteiger partial charge in [-0.2, -0.15) is 5.10 Å². The number of halogens is 1. The number of aromatic nitrogens is 2. The maximum Gasteiger partial charge on any atom is 1.00 e. The molecule has 0 spiro atoms. The van der Waals surface area contributed by atoms with E-state index in [1.807, 2.05) is 0 Å². The fourth-order valence-electron chi connectivity index (χ4n) is 5.03. The van der Waals surface area contributed by atoms with Crippen LogP contribution in [0.2, 0.25) is 0 Å². The number of hydrogen-bond acceptors (Lipinski definition) is 5. The van der Waals surface area contributed by atoms with Crippen LogP contribution in [0.25, 0.3) is 11.8 Å². The van der Waals surface area contributed by atoms with Gasteiger partial charge in [0.1, 0.15) is 5.82 Å². The molecular weight excluding hydrogens is 494 g/mol. The van der Waals surface area contributed by atoms with E-state index in [1.165, 1.54) is 23.3 Å². The third kappa shape index (κ3) is 7.64. The molecule has 0 radical (unpaired) electrons. The van der Waals surface area contributed by atoms with Crippen molar-refractivity contribution < 1.29 is 54.1 Å². The average molecular weight is 529 g/mol. The first-order chi connectivity index (χ1) is 17.7. The minimum Gasteiger partial charge on any atom is -0.550 e. The summed E-state index contributed by atoms with van der Waals surface area (Å²) >= 11 is 0. The zero-order valence-electron chi connectivity index (χ0n) is 22.3. The molecule has 0 bridgehead atoms. The molecule has 3 atom stereocenters. The Morgan fingerprint density at radius 2 is 1.84 bits per heavy atom. The fourth-order valence-corrected chi connectivity index (χ4v) is 5.03. The number of benzene rings is 2. The molecule has 38 heavy (non-hydrogen) atoms. The number of carboxylic acids is 1. The van der Waals surface area contributed by atoms with Gasteiger partial charge in [-0.3, -0.25) is 0 Å². The van der Waals surface area contributed by atoms with Gasteiger partial charge in [0.2, 0.25) is 0 Å². The second kappa shape index (κ2) is 13.7. The number of rotatable bonds is 10. The van der Waals surface area contributed by atoms with Crippen LogP contribution in [0.3, 0.4) is 0 Å². The van der Waals surface area contributed by atoms with E-state index in [0.29, 0.717) is 11.6 Å². The van der Waals surface area contributed by atoms with Crippen molar-refractivity contribution in [2.24, 2.45) is 0 Å². The van der Waals surface area contributed by atoms with Crippen LogP contribution in [-0.2, 0) is 17.6 Å². The van der Waals surface area contributed by atoms with Gasteiger partial charge >= 0.3 is 29.6 Å². The maximum atomic E-state index is 13.6. The second-order valence-electron chi connectivity index (χ2n) is 10.2. The summed E-state index contributed by atoms with van der Waals surface area (Å²) in [5.74, 6) is -0.986. The number of nitrogens with zero attached hydrogens (tertiary/aromatic N) is 2. The van der Waals surface area contributed by atoms with Crippen molar-refractivity contribution in [3.8, 4) is 5.69 Å². The molecule has 1 aliphatic carbocycles. The van der Waals surface area contributed by atoms with E-state index < -0.39 is 24.6 Å². The Hall–Kier alpha value is -2.29. The van der Waals surface area contributed by atoms with Gasteiger partial charge in [0.25, 0.3) is 0 Å². The predicted octanol–water partition coefficient (Wildman–Crippen LogP) is 1.07. The molecule has 196 valence electrons. The third-order valence-corrected chi connectivity index (χ3v) is 7.01. The largest absolute Gasteiger partial charge is 1.00 e. The van der Waals surface area contributed by atoms with E-state index in [4.69, 9.17) is 5.10 Å². The Kier molecular flexibility index (Phi) is 10.9. The number of carboxylic acid groups (broad SMARTS) is 1. The molecule has 8 heteroatoms. The van der Waals surface area contributed by atoms with Gasteiger partial charge in [-0.15, -0.1) is 0 Å². The van der Waals surface area contributed by atoms with Crippen LogP contribution in [0.4, 0.5) is 4.39 Å². The number of carbonyl (C=O) groups excluding carboxylic acids is 1. The minimum atomic E-state index is -1.36. The van der Waals surface area contributed by atoms with E-state index >= 15 is 0 Å². The van der Waals surface area contributed by atoms with E-state index in [-0.39, 0.29) is 47.7 Å². The van der Waals surface area contributed by atoms with Crippen molar-refractivity contribution >= 4 is 12.0 Å². The summed E-state index contributed by atoms with van der Waals surface area (Å²) in [7, 11) is 0. The number of carbonyl (C=O) groups is 1. The van der Waals surface area contributed by atoms with Crippen LogP contribution in [0.15, 0.2) is 54.6 Å². The van der Waals surface area contributed by atoms with Crippen LogP contribution in [-0.4, -0.2) is 38.2 Å². The van der Waals surface area contributed by atoms with Crippen molar-refractivity contribution in [2.45, 2.75) is 76.4 Å². The zero-order valence-corrected chi connectivity index (χ0v) is 24.3. The molecular formula is C30H34FN2NaO4. The first-order valence-corrected chi connectivity index (χ1v) is 12.9. The Bertz CT molecular complexity index is 1240. The molecule has 0 fully saturated rings. The molecule has 0 aliphatic heterocycles. The first kappa shape index (κ1) is 30.3. The van der Waals surface area contributed by atoms with Crippen molar-refractivity contribution in [1.82, 2.24) is 9.78 Å². The van der Waals surface area contributed by atoms with Gasteiger partial charge in [0.05, 0.1) is 29.3 Å². The SMILES string of the molecule is CC(C)c1ccc(CC2CCCc3c2nn(-c2ccc(F)cc2)c3/C=C/[C@H](O)C[C@H](O)CC(=O)[O-])cc1.[Na+]. The molecule has 1 unspecified atom stereocenters. The summed E-state index contributed by atoms with van der Waals surface area (Å²) in [6, 6.07) is 14.9. The number of aliphatic hydroxyl groups is 2. The molecule has 6 nitrogen and oxygen atoms in total. The number of aliphatic hydroxyl groups excluding tert-OH is 2. The number of fused-ring (bicyclic) bond motifs is 1. The molecule has 1 aliphatic rings. The van der Waals surface area contributed by atoms with Gasteiger partial charge in [0, 0.05) is 30.3 Å². The molecule has 1 heterocycles. The van der Waals surface area contributed by atoms with Gasteiger partial charge in [-0.05, 0) is 73.1 Å². The molecule has 4 rings (SSSR count). The van der Waals surface area contributed by atoms with Crippen LogP contribution in [0.1, 0.15) is 79.4 Å². The van der Waals surface area contributed by atoms with E-state index in [0.717, 1.165) is 42.6 Å². The summed E-state index contributed by atoms with van der Waals surface area (Å²) in [6.45, 7) is 4.36. The number of hydrogen-bond donors (Lipinski definition) is 2.